The summed E-state index contributed by atoms with van der Waals surface area (Å²) in [7, 11) is 0. The number of aromatic nitrogens is 2. The van der Waals surface area contributed by atoms with Gasteiger partial charge >= 0.3 is 0 Å². The lowest BCUT2D eigenvalue weighted by Crippen LogP contribution is -2.07. The highest BCUT2D eigenvalue weighted by Gasteiger charge is 2.02. The molecule has 2 aromatic carbocycles. The summed E-state index contributed by atoms with van der Waals surface area (Å²) >= 11 is 0. The van der Waals surface area contributed by atoms with Gasteiger partial charge in [-0.1, -0.05) is 12.1 Å². The molecule has 1 aromatic heterocycles. The molecule has 3 aromatic rings. The number of anilines is 1. The average Bonchev–Trinajstić information content (AvgIpc) is 2.58. The SMILES string of the molecule is Fc1ccc(CCNc2ccc(-c3ccc(F)cc3)nn2)cc1. The van der Waals surface area contributed by atoms with Crippen LogP contribution in [0.1, 0.15) is 5.56 Å². The molecule has 0 aliphatic rings. The van der Waals surface area contributed by atoms with Crippen LogP contribution in [0.25, 0.3) is 11.3 Å². The minimum Gasteiger partial charge on any atom is -0.368 e. The first kappa shape index (κ1) is 15.1. The van der Waals surface area contributed by atoms with E-state index in [2.05, 4.69) is 15.5 Å². The maximum Gasteiger partial charge on any atom is 0.148 e. The third-order valence-electron chi connectivity index (χ3n) is 3.44. The Morgan fingerprint density at radius 2 is 1.39 bits per heavy atom. The molecule has 0 amide bonds. The summed E-state index contributed by atoms with van der Waals surface area (Å²) in [5.41, 5.74) is 2.56. The van der Waals surface area contributed by atoms with Gasteiger partial charge in [-0.2, -0.15) is 0 Å². The molecule has 0 fully saturated rings. The maximum atomic E-state index is 12.9. The fourth-order valence-electron chi connectivity index (χ4n) is 2.19. The smallest absolute Gasteiger partial charge is 0.148 e. The minimum absolute atomic E-state index is 0.232. The lowest BCUT2D eigenvalue weighted by atomic mass is 10.1. The van der Waals surface area contributed by atoms with Crippen molar-refractivity contribution in [3.63, 3.8) is 0 Å². The Kier molecular flexibility index (Phi) is 4.57. The third-order valence-corrected chi connectivity index (χ3v) is 3.44. The van der Waals surface area contributed by atoms with Gasteiger partial charge in [0.25, 0.3) is 0 Å². The van der Waals surface area contributed by atoms with E-state index in [1.807, 2.05) is 12.1 Å². The summed E-state index contributed by atoms with van der Waals surface area (Å²) < 4.78 is 25.7. The largest absolute Gasteiger partial charge is 0.368 e. The number of hydrogen-bond donors (Lipinski definition) is 1. The molecule has 0 aliphatic heterocycles. The summed E-state index contributed by atoms with van der Waals surface area (Å²) in [6, 6.07) is 16.2. The van der Waals surface area contributed by atoms with E-state index in [1.54, 1.807) is 24.3 Å². The molecular formula is C18H15F2N3. The van der Waals surface area contributed by atoms with Crippen molar-refractivity contribution in [1.82, 2.24) is 10.2 Å². The van der Waals surface area contributed by atoms with E-state index >= 15 is 0 Å². The van der Waals surface area contributed by atoms with E-state index in [4.69, 9.17) is 0 Å². The van der Waals surface area contributed by atoms with Gasteiger partial charge < -0.3 is 5.32 Å². The van der Waals surface area contributed by atoms with E-state index < -0.39 is 0 Å². The van der Waals surface area contributed by atoms with Crippen molar-refractivity contribution in [2.45, 2.75) is 6.42 Å². The van der Waals surface area contributed by atoms with Crippen LogP contribution in [0, 0.1) is 11.6 Å². The Morgan fingerprint density at radius 1 is 0.739 bits per heavy atom. The fourth-order valence-corrected chi connectivity index (χ4v) is 2.19. The molecule has 0 radical (unpaired) electrons. The summed E-state index contributed by atoms with van der Waals surface area (Å²) in [6.07, 6.45) is 0.766. The van der Waals surface area contributed by atoms with Gasteiger partial charge in [-0.3, -0.25) is 0 Å². The number of nitrogens with zero attached hydrogens (tertiary/aromatic N) is 2. The zero-order valence-electron chi connectivity index (χ0n) is 12.3. The zero-order valence-corrected chi connectivity index (χ0v) is 12.3. The molecule has 0 spiro atoms. The van der Waals surface area contributed by atoms with Crippen LogP contribution in [0.5, 0.6) is 0 Å². The van der Waals surface area contributed by atoms with Crippen LogP contribution in [0.2, 0.25) is 0 Å². The standard InChI is InChI=1S/C18H15F2N3/c19-15-5-1-13(2-6-15)11-12-21-18-10-9-17(22-23-18)14-3-7-16(20)8-4-14/h1-10H,11-12H2,(H,21,23). The molecule has 0 atom stereocenters. The predicted molar refractivity (Wildman–Crippen MR) is 86.0 cm³/mol. The summed E-state index contributed by atoms with van der Waals surface area (Å²) in [4.78, 5) is 0. The van der Waals surface area contributed by atoms with E-state index in [0.29, 0.717) is 18.1 Å². The molecular weight excluding hydrogens is 296 g/mol. The molecule has 0 saturated heterocycles. The van der Waals surface area contributed by atoms with Gasteiger partial charge in [0.2, 0.25) is 0 Å². The molecule has 3 nitrogen and oxygen atoms in total. The zero-order chi connectivity index (χ0) is 16.1. The highest BCUT2D eigenvalue weighted by molar-refractivity contribution is 5.59. The van der Waals surface area contributed by atoms with Crippen molar-refractivity contribution in [3.8, 4) is 11.3 Å². The van der Waals surface area contributed by atoms with Crippen LogP contribution >= 0.6 is 0 Å². The molecule has 23 heavy (non-hydrogen) atoms. The Morgan fingerprint density at radius 3 is 2.00 bits per heavy atom. The first-order chi connectivity index (χ1) is 11.2. The Balaban J connectivity index is 1.57. The molecule has 0 unspecified atom stereocenters. The first-order valence-corrected chi connectivity index (χ1v) is 7.29. The van der Waals surface area contributed by atoms with E-state index in [1.165, 1.54) is 24.3 Å². The van der Waals surface area contributed by atoms with Gasteiger partial charge in [0, 0.05) is 12.1 Å². The van der Waals surface area contributed by atoms with Crippen LogP contribution in [0.4, 0.5) is 14.6 Å². The summed E-state index contributed by atoms with van der Waals surface area (Å²) in [5, 5.41) is 11.4. The normalized spacial score (nSPS) is 10.5. The number of halogens is 2. The first-order valence-electron chi connectivity index (χ1n) is 7.29. The minimum atomic E-state index is -0.277. The fraction of sp³-hybridized carbons (Fsp3) is 0.111. The van der Waals surface area contributed by atoms with Crippen molar-refractivity contribution >= 4 is 5.82 Å². The van der Waals surface area contributed by atoms with E-state index in [0.717, 1.165) is 17.5 Å². The van der Waals surface area contributed by atoms with E-state index in [9.17, 15) is 8.78 Å². The van der Waals surface area contributed by atoms with Gasteiger partial charge in [-0.15, -0.1) is 10.2 Å². The quantitative estimate of drug-likeness (QED) is 0.771. The van der Waals surface area contributed by atoms with Crippen LogP contribution < -0.4 is 5.32 Å². The monoisotopic (exact) mass is 311 g/mol. The molecule has 116 valence electrons. The van der Waals surface area contributed by atoms with Crippen LogP contribution in [0.15, 0.2) is 60.7 Å². The van der Waals surface area contributed by atoms with Gasteiger partial charge in [0.1, 0.15) is 17.5 Å². The van der Waals surface area contributed by atoms with Gasteiger partial charge in [-0.05, 0) is 60.5 Å². The molecule has 0 bridgehead atoms. The number of benzene rings is 2. The predicted octanol–water partition coefficient (Wildman–Crippen LogP) is 4.08. The Bertz CT molecular complexity index is 754. The Labute approximate surface area is 133 Å². The molecule has 1 heterocycles. The second-order valence-electron chi connectivity index (χ2n) is 5.11. The van der Waals surface area contributed by atoms with Crippen molar-refractivity contribution < 1.29 is 8.78 Å². The molecule has 0 saturated carbocycles. The second kappa shape index (κ2) is 6.96. The lowest BCUT2D eigenvalue weighted by Gasteiger charge is -2.06. The number of rotatable bonds is 5. The second-order valence-corrected chi connectivity index (χ2v) is 5.11. The van der Waals surface area contributed by atoms with Crippen LogP contribution in [-0.4, -0.2) is 16.7 Å². The number of nitrogens with one attached hydrogen (secondary N) is 1. The van der Waals surface area contributed by atoms with Gasteiger partial charge in [0.15, 0.2) is 0 Å². The van der Waals surface area contributed by atoms with Crippen molar-refractivity contribution in [1.29, 1.82) is 0 Å². The summed E-state index contributed by atoms with van der Waals surface area (Å²) in [6.45, 7) is 0.677. The van der Waals surface area contributed by atoms with Crippen LogP contribution in [-0.2, 0) is 6.42 Å². The summed E-state index contributed by atoms with van der Waals surface area (Å²) in [5.74, 6) is 0.155. The van der Waals surface area contributed by atoms with Crippen LogP contribution in [0.3, 0.4) is 0 Å². The molecule has 3 rings (SSSR count). The topological polar surface area (TPSA) is 37.8 Å². The maximum absolute atomic E-state index is 12.9. The highest BCUT2D eigenvalue weighted by atomic mass is 19.1. The Hall–Kier alpha value is -2.82. The van der Waals surface area contributed by atoms with Crippen molar-refractivity contribution in [2.24, 2.45) is 0 Å². The third kappa shape index (κ3) is 4.10. The molecule has 1 N–H and O–H groups in total. The van der Waals surface area contributed by atoms with Crippen molar-refractivity contribution in [2.75, 3.05) is 11.9 Å². The van der Waals surface area contributed by atoms with E-state index in [-0.39, 0.29) is 11.6 Å². The van der Waals surface area contributed by atoms with Gasteiger partial charge in [0.05, 0.1) is 5.69 Å². The average molecular weight is 311 g/mol. The molecule has 5 heteroatoms. The highest BCUT2D eigenvalue weighted by Crippen LogP contribution is 2.17. The lowest BCUT2D eigenvalue weighted by molar-refractivity contribution is 0.627. The van der Waals surface area contributed by atoms with Gasteiger partial charge in [-0.25, -0.2) is 8.78 Å². The number of hydrogen-bond acceptors (Lipinski definition) is 3. The molecule has 0 aliphatic carbocycles. The van der Waals surface area contributed by atoms with Crippen molar-refractivity contribution in [3.05, 3.63) is 77.9 Å².